The van der Waals surface area contributed by atoms with Crippen LogP contribution in [0.5, 0.6) is 5.75 Å². The van der Waals surface area contributed by atoms with Crippen molar-refractivity contribution in [3.8, 4) is 5.75 Å². The maximum atomic E-state index is 12.7. The summed E-state index contributed by atoms with van der Waals surface area (Å²) in [5, 5.41) is 4.95. The average molecular weight is 321 g/mol. The second-order valence-electron chi connectivity index (χ2n) is 5.49. The molecule has 0 unspecified atom stereocenters. The molecule has 0 aromatic heterocycles. The van der Waals surface area contributed by atoms with Crippen LogP contribution in [0.4, 0.5) is 5.69 Å². The maximum absolute atomic E-state index is 12.7. The van der Waals surface area contributed by atoms with Crippen molar-refractivity contribution < 1.29 is 14.3 Å². The fourth-order valence-corrected chi connectivity index (χ4v) is 2.67. The zero-order chi connectivity index (χ0) is 16.9. The van der Waals surface area contributed by atoms with Gasteiger partial charge in [0.25, 0.3) is 5.91 Å². The molecule has 1 amide bonds. The number of fused-ring (bicyclic) bond motifs is 1. The third kappa shape index (κ3) is 3.39. The van der Waals surface area contributed by atoms with Crippen LogP contribution in [-0.4, -0.2) is 20.1 Å². The highest BCUT2D eigenvalue weighted by Crippen LogP contribution is 2.27. The van der Waals surface area contributed by atoms with Crippen molar-refractivity contribution in [1.29, 1.82) is 0 Å². The molecule has 0 heterocycles. The summed E-state index contributed by atoms with van der Waals surface area (Å²) in [7, 11) is 3.21. The van der Waals surface area contributed by atoms with Crippen molar-refractivity contribution in [1.82, 2.24) is 0 Å². The molecule has 0 aliphatic rings. The van der Waals surface area contributed by atoms with E-state index in [0.717, 1.165) is 22.0 Å². The molecule has 3 rings (SSSR count). The fourth-order valence-electron chi connectivity index (χ4n) is 2.67. The van der Waals surface area contributed by atoms with E-state index in [9.17, 15) is 4.79 Å². The van der Waals surface area contributed by atoms with Crippen molar-refractivity contribution in [2.45, 2.75) is 6.61 Å². The smallest absolute Gasteiger partial charge is 0.259 e. The minimum atomic E-state index is -0.202. The van der Waals surface area contributed by atoms with Gasteiger partial charge in [0, 0.05) is 12.8 Å². The summed E-state index contributed by atoms with van der Waals surface area (Å²) in [6, 6.07) is 19.2. The molecule has 24 heavy (non-hydrogen) atoms. The number of carbonyl (C=O) groups excluding carboxylic acids is 1. The minimum absolute atomic E-state index is 0.202. The van der Waals surface area contributed by atoms with Crippen molar-refractivity contribution in [2.75, 3.05) is 19.5 Å². The summed E-state index contributed by atoms with van der Waals surface area (Å²) in [5.41, 5.74) is 2.24. The van der Waals surface area contributed by atoms with Gasteiger partial charge in [-0.15, -0.1) is 0 Å². The van der Waals surface area contributed by atoms with Crippen LogP contribution >= 0.6 is 0 Å². The highest BCUT2D eigenvalue weighted by molar-refractivity contribution is 6.08. The Bertz CT molecular complexity index is 874. The largest absolute Gasteiger partial charge is 0.496 e. The van der Waals surface area contributed by atoms with Gasteiger partial charge in [-0.05, 0) is 40.6 Å². The van der Waals surface area contributed by atoms with Gasteiger partial charge in [-0.3, -0.25) is 4.79 Å². The number of carbonyl (C=O) groups is 1. The van der Waals surface area contributed by atoms with Gasteiger partial charge in [-0.1, -0.05) is 36.4 Å². The Hall–Kier alpha value is -2.85. The van der Waals surface area contributed by atoms with Crippen molar-refractivity contribution in [2.24, 2.45) is 0 Å². The molecule has 0 atom stereocenters. The fraction of sp³-hybridized carbons (Fsp3) is 0.150. The van der Waals surface area contributed by atoms with Gasteiger partial charge < -0.3 is 14.8 Å². The van der Waals surface area contributed by atoms with Crippen LogP contribution in [0.25, 0.3) is 10.8 Å². The van der Waals surface area contributed by atoms with Gasteiger partial charge in [0.2, 0.25) is 0 Å². The van der Waals surface area contributed by atoms with Crippen LogP contribution in [0.3, 0.4) is 0 Å². The van der Waals surface area contributed by atoms with Gasteiger partial charge in [0.05, 0.1) is 19.3 Å². The van der Waals surface area contributed by atoms with Crippen LogP contribution in [0, 0.1) is 0 Å². The first kappa shape index (κ1) is 16.0. The number of anilines is 1. The summed E-state index contributed by atoms with van der Waals surface area (Å²) in [6.07, 6.45) is 0. The normalized spacial score (nSPS) is 10.6. The molecule has 0 spiro atoms. The zero-order valence-electron chi connectivity index (χ0n) is 13.7. The summed E-state index contributed by atoms with van der Waals surface area (Å²) < 4.78 is 10.5. The highest BCUT2D eigenvalue weighted by atomic mass is 16.5. The van der Waals surface area contributed by atoms with Crippen LogP contribution in [0.1, 0.15) is 15.9 Å². The predicted octanol–water partition coefficient (Wildman–Crippen LogP) is 4.25. The van der Waals surface area contributed by atoms with Gasteiger partial charge in [0.1, 0.15) is 5.75 Å². The maximum Gasteiger partial charge on any atom is 0.259 e. The summed E-state index contributed by atoms with van der Waals surface area (Å²) in [5.74, 6) is 0.353. The van der Waals surface area contributed by atoms with Crippen LogP contribution < -0.4 is 10.1 Å². The van der Waals surface area contributed by atoms with Gasteiger partial charge in [-0.2, -0.15) is 0 Å². The molecular weight excluding hydrogens is 302 g/mol. The predicted molar refractivity (Wildman–Crippen MR) is 95.6 cm³/mol. The summed E-state index contributed by atoms with van der Waals surface area (Å²) in [4.78, 5) is 12.7. The standard InChI is InChI=1S/C20H19NO3/c1-23-13-14-6-5-9-17(10-14)21-20(22)18-11-15-7-3-4-8-16(15)12-19(18)24-2/h3-12H,13H2,1-2H3,(H,21,22). The number of hydrogen-bond donors (Lipinski definition) is 1. The number of hydrogen-bond acceptors (Lipinski definition) is 3. The molecule has 0 aliphatic heterocycles. The molecule has 0 radical (unpaired) electrons. The SMILES string of the molecule is COCc1cccc(NC(=O)c2cc3ccccc3cc2OC)c1. The lowest BCUT2D eigenvalue weighted by atomic mass is 10.1. The lowest BCUT2D eigenvalue weighted by molar-refractivity contribution is 0.102. The highest BCUT2D eigenvalue weighted by Gasteiger charge is 2.14. The first-order valence-corrected chi connectivity index (χ1v) is 7.67. The van der Waals surface area contributed by atoms with E-state index in [4.69, 9.17) is 9.47 Å². The molecule has 3 aromatic rings. The second kappa shape index (κ2) is 7.15. The molecule has 0 bridgehead atoms. The van der Waals surface area contributed by atoms with Crippen LogP contribution in [0.2, 0.25) is 0 Å². The second-order valence-corrected chi connectivity index (χ2v) is 5.49. The van der Waals surface area contributed by atoms with Crippen molar-refractivity contribution >= 4 is 22.4 Å². The monoisotopic (exact) mass is 321 g/mol. The van der Waals surface area contributed by atoms with E-state index in [1.54, 1.807) is 14.2 Å². The van der Waals surface area contributed by atoms with E-state index in [1.165, 1.54) is 0 Å². The number of nitrogens with one attached hydrogen (secondary N) is 1. The van der Waals surface area contributed by atoms with Gasteiger partial charge >= 0.3 is 0 Å². The Morgan fingerprint density at radius 3 is 2.42 bits per heavy atom. The molecule has 0 aliphatic carbocycles. The van der Waals surface area contributed by atoms with E-state index in [1.807, 2.05) is 60.7 Å². The summed E-state index contributed by atoms with van der Waals surface area (Å²) >= 11 is 0. The third-order valence-corrected chi connectivity index (χ3v) is 3.81. The van der Waals surface area contributed by atoms with E-state index < -0.39 is 0 Å². The number of ether oxygens (including phenoxy) is 2. The minimum Gasteiger partial charge on any atom is -0.496 e. The Kier molecular flexibility index (Phi) is 4.77. The average Bonchev–Trinajstić information content (AvgIpc) is 2.61. The van der Waals surface area contributed by atoms with Crippen molar-refractivity contribution in [3.63, 3.8) is 0 Å². The summed E-state index contributed by atoms with van der Waals surface area (Å²) in [6.45, 7) is 0.503. The number of benzene rings is 3. The van der Waals surface area contributed by atoms with Gasteiger partial charge in [0.15, 0.2) is 0 Å². The number of methoxy groups -OCH3 is 2. The van der Waals surface area contributed by atoms with Crippen LogP contribution in [0.15, 0.2) is 60.7 Å². The van der Waals surface area contributed by atoms with Crippen LogP contribution in [-0.2, 0) is 11.3 Å². The molecule has 4 heteroatoms. The topological polar surface area (TPSA) is 47.6 Å². The quantitative estimate of drug-likeness (QED) is 0.764. The van der Waals surface area contributed by atoms with E-state index in [0.29, 0.717) is 17.9 Å². The third-order valence-electron chi connectivity index (χ3n) is 3.81. The molecule has 4 nitrogen and oxygen atoms in total. The molecule has 122 valence electrons. The zero-order valence-corrected chi connectivity index (χ0v) is 13.7. The Morgan fingerprint density at radius 2 is 1.71 bits per heavy atom. The molecule has 0 saturated carbocycles. The Balaban J connectivity index is 1.92. The lowest BCUT2D eigenvalue weighted by Gasteiger charge is -2.12. The molecule has 1 N–H and O–H groups in total. The molecule has 3 aromatic carbocycles. The molecule has 0 saturated heterocycles. The Labute approximate surface area is 141 Å². The number of rotatable bonds is 5. The number of amides is 1. The molecular formula is C20H19NO3. The molecule has 0 fully saturated rings. The van der Waals surface area contributed by atoms with E-state index in [-0.39, 0.29) is 5.91 Å². The van der Waals surface area contributed by atoms with Gasteiger partial charge in [-0.25, -0.2) is 0 Å². The van der Waals surface area contributed by atoms with Crippen molar-refractivity contribution in [3.05, 3.63) is 71.8 Å². The van der Waals surface area contributed by atoms with E-state index in [2.05, 4.69) is 5.32 Å². The Morgan fingerprint density at radius 1 is 0.958 bits per heavy atom. The first-order valence-electron chi connectivity index (χ1n) is 7.67. The first-order chi connectivity index (χ1) is 11.7. The lowest BCUT2D eigenvalue weighted by Crippen LogP contribution is -2.13. The van der Waals surface area contributed by atoms with E-state index >= 15 is 0 Å².